The zero-order chi connectivity index (χ0) is 7.98. The minimum atomic E-state index is 0.150. The molecule has 0 amide bonds. The smallest absolute Gasteiger partial charge is 0.0695 e. The molecule has 0 radical (unpaired) electrons. The summed E-state index contributed by atoms with van der Waals surface area (Å²) in [6, 6.07) is 0.150. The first kappa shape index (κ1) is 9.92. The quantitative estimate of drug-likeness (QED) is 0.595. The lowest BCUT2D eigenvalue weighted by molar-refractivity contribution is 0.0504. The van der Waals surface area contributed by atoms with Crippen molar-refractivity contribution in [3.63, 3.8) is 0 Å². The molecule has 0 fully saturated rings. The van der Waals surface area contributed by atoms with Crippen LogP contribution in [0.4, 0.5) is 0 Å². The summed E-state index contributed by atoms with van der Waals surface area (Å²) in [7, 11) is 0. The Labute approximate surface area is 63.7 Å². The van der Waals surface area contributed by atoms with E-state index in [4.69, 9.17) is 10.5 Å². The maximum Gasteiger partial charge on any atom is 0.0695 e. The lowest BCUT2D eigenvalue weighted by Gasteiger charge is -2.15. The van der Waals surface area contributed by atoms with Crippen molar-refractivity contribution in [2.45, 2.75) is 45.8 Å². The van der Waals surface area contributed by atoms with Crippen LogP contribution in [0.3, 0.4) is 0 Å². The van der Waals surface area contributed by atoms with Crippen molar-refractivity contribution in [1.82, 2.24) is 0 Å². The lowest BCUT2D eigenvalue weighted by atomic mass is 10.2. The molecule has 0 saturated carbocycles. The highest BCUT2D eigenvalue weighted by Gasteiger charge is 2.05. The Morgan fingerprint density at radius 2 is 2.00 bits per heavy atom. The molecule has 2 nitrogen and oxygen atoms in total. The van der Waals surface area contributed by atoms with Crippen LogP contribution in [0.5, 0.6) is 0 Å². The van der Waals surface area contributed by atoms with E-state index in [0.717, 1.165) is 13.0 Å². The molecule has 62 valence electrons. The number of rotatable bonds is 5. The van der Waals surface area contributed by atoms with Crippen LogP contribution in [-0.4, -0.2) is 18.8 Å². The number of unbranched alkanes of at least 4 members (excludes halogenated alkanes) is 1. The van der Waals surface area contributed by atoms with Crippen molar-refractivity contribution in [3.8, 4) is 0 Å². The summed E-state index contributed by atoms with van der Waals surface area (Å²) in [5, 5.41) is 0. The molecule has 0 bridgehead atoms. The summed E-state index contributed by atoms with van der Waals surface area (Å²) in [4.78, 5) is 0. The summed E-state index contributed by atoms with van der Waals surface area (Å²) >= 11 is 0. The number of nitrogens with two attached hydrogens (primary N) is 1. The minimum absolute atomic E-state index is 0.150. The van der Waals surface area contributed by atoms with Gasteiger partial charge in [-0.2, -0.15) is 0 Å². The fraction of sp³-hybridized carbons (Fsp3) is 1.00. The standard InChI is InChI=1S/C8H19NO/c1-4-5-6-10-8(3)7(2)9/h7-8H,4-6,9H2,1-3H3/t7-,8?/m0/s1. The average molecular weight is 145 g/mol. The molecular formula is C8H19NO. The average Bonchev–Trinajstić information content (AvgIpc) is 1.88. The van der Waals surface area contributed by atoms with Crippen molar-refractivity contribution in [3.05, 3.63) is 0 Å². The Morgan fingerprint density at radius 3 is 2.40 bits per heavy atom. The third kappa shape index (κ3) is 4.77. The molecule has 10 heavy (non-hydrogen) atoms. The second kappa shape index (κ2) is 5.69. The van der Waals surface area contributed by atoms with Gasteiger partial charge >= 0.3 is 0 Å². The summed E-state index contributed by atoms with van der Waals surface area (Å²) in [6.45, 7) is 6.98. The van der Waals surface area contributed by atoms with Crippen molar-refractivity contribution in [1.29, 1.82) is 0 Å². The monoisotopic (exact) mass is 145 g/mol. The summed E-state index contributed by atoms with van der Waals surface area (Å²) in [5.41, 5.74) is 5.59. The Hall–Kier alpha value is -0.0800. The van der Waals surface area contributed by atoms with Crippen LogP contribution >= 0.6 is 0 Å². The van der Waals surface area contributed by atoms with Crippen LogP contribution in [0.25, 0.3) is 0 Å². The molecule has 0 aromatic carbocycles. The molecule has 1 unspecified atom stereocenters. The van der Waals surface area contributed by atoms with Gasteiger partial charge in [-0.1, -0.05) is 13.3 Å². The van der Waals surface area contributed by atoms with Gasteiger partial charge in [0.15, 0.2) is 0 Å². The third-order valence-corrected chi connectivity index (χ3v) is 1.62. The lowest BCUT2D eigenvalue weighted by Crippen LogP contribution is -2.31. The number of hydrogen-bond acceptors (Lipinski definition) is 2. The molecule has 0 heterocycles. The van der Waals surface area contributed by atoms with Gasteiger partial charge in [0.05, 0.1) is 6.10 Å². The van der Waals surface area contributed by atoms with E-state index in [1.54, 1.807) is 0 Å². The fourth-order valence-electron chi connectivity index (χ4n) is 0.565. The summed E-state index contributed by atoms with van der Waals surface area (Å²) in [6.07, 6.45) is 2.52. The van der Waals surface area contributed by atoms with Gasteiger partial charge in [0, 0.05) is 12.6 Å². The normalized spacial score (nSPS) is 16.8. The molecule has 0 aromatic heterocycles. The molecule has 2 N–H and O–H groups in total. The molecule has 0 aromatic rings. The molecule has 0 rings (SSSR count). The minimum Gasteiger partial charge on any atom is -0.377 e. The molecule has 0 saturated heterocycles. The topological polar surface area (TPSA) is 35.2 Å². The van der Waals surface area contributed by atoms with Gasteiger partial charge < -0.3 is 10.5 Å². The Balaban J connectivity index is 3.13. The zero-order valence-corrected chi connectivity index (χ0v) is 7.26. The van der Waals surface area contributed by atoms with Crippen LogP contribution < -0.4 is 5.73 Å². The molecular weight excluding hydrogens is 126 g/mol. The van der Waals surface area contributed by atoms with E-state index in [2.05, 4.69) is 6.92 Å². The van der Waals surface area contributed by atoms with Crippen LogP contribution in [0, 0.1) is 0 Å². The van der Waals surface area contributed by atoms with E-state index in [0.29, 0.717) is 0 Å². The van der Waals surface area contributed by atoms with E-state index < -0.39 is 0 Å². The highest BCUT2D eigenvalue weighted by molar-refractivity contribution is 4.61. The molecule has 0 aliphatic carbocycles. The number of hydrogen-bond donors (Lipinski definition) is 1. The van der Waals surface area contributed by atoms with Gasteiger partial charge in [-0.15, -0.1) is 0 Å². The summed E-state index contributed by atoms with van der Waals surface area (Å²) in [5.74, 6) is 0. The predicted octanol–water partition coefficient (Wildman–Crippen LogP) is 1.54. The molecule has 0 aliphatic rings. The van der Waals surface area contributed by atoms with E-state index >= 15 is 0 Å². The Bertz CT molecular complexity index is 73.7. The first-order valence-electron chi connectivity index (χ1n) is 4.05. The largest absolute Gasteiger partial charge is 0.377 e. The van der Waals surface area contributed by atoms with Gasteiger partial charge in [-0.25, -0.2) is 0 Å². The highest BCUT2D eigenvalue weighted by atomic mass is 16.5. The van der Waals surface area contributed by atoms with Crippen molar-refractivity contribution in [2.24, 2.45) is 5.73 Å². The first-order chi connectivity index (χ1) is 4.68. The van der Waals surface area contributed by atoms with Crippen molar-refractivity contribution < 1.29 is 4.74 Å². The second-order valence-electron chi connectivity index (χ2n) is 2.79. The molecule has 0 aliphatic heterocycles. The van der Waals surface area contributed by atoms with E-state index in [1.807, 2.05) is 13.8 Å². The maximum absolute atomic E-state index is 5.59. The molecule has 2 atom stereocenters. The highest BCUT2D eigenvalue weighted by Crippen LogP contribution is 1.97. The van der Waals surface area contributed by atoms with Crippen LogP contribution in [-0.2, 0) is 4.74 Å². The van der Waals surface area contributed by atoms with Crippen LogP contribution in [0.2, 0.25) is 0 Å². The van der Waals surface area contributed by atoms with E-state index in [9.17, 15) is 0 Å². The predicted molar refractivity (Wildman–Crippen MR) is 44.0 cm³/mol. The Morgan fingerprint density at radius 1 is 1.40 bits per heavy atom. The van der Waals surface area contributed by atoms with Crippen molar-refractivity contribution >= 4 is 0 Å². The second-order valence-corrected chi connectivity index (χ2v) is 2.79. The van der Waals surface area contributed by atoms with Gasteiger partial charge in [0.1, 0.15) is 0 Å². The number of ether oxygens (including phenoxy) is 1. The van der Waals surface area contributed by atoms with Crippen LogP contribution in [0.15, 0.2) is 0 Å². The van der Waals surface area contributed by atoms with Crippen molar-refractivity contribution in [2.75, 3.05) is 6.61 Å². The van der Waals surface area contributed by atoms with Gasteiger partial charge in [0.25, 0.3) is 0 Å². The van der Waals surface area contributed by atoms with E-state index in [-0.39, 0.29) is 12.1 Å². The maximum atomic E-state index is 5.59. The Kier molecular flexibility index (Phi) is 5.64. The van der Waals surface area contributed by atoms with Gasteiger partial charge in [-0.3, -0.25) is 0 Å². The third-order valence-electron chi connectivity index (χ3n) is 1.62. The van der Waals surface area contributed by atoms with E-state index in [1.165, 1.54) is 6.42 Å². The first-order valence-corrected chi connectivity index (χ1v) is 4.05. The van der Waals surface area contributed by atoms with Gasteiger partial charge in [0.2, 0.25) is 0 Å². The summed E-state index contributed by atoms with van der Waals surface area (Å²) < 4.78 is 5.42. The SMILES string of the molecule is CCCCOC(C)[C@H](C)N. The zero-order valence-electron chi connectivity index (χ0n) is 7.26. The van der Waals surface area contributed by atoms with Crippen LogP contribution in [0.1, 0.15) is 33.6 Å². The van der Waals surface area contributed by atoms with Gasteiger partial charge in [-0.05, 0) is 20.3 Å². The fourth-order valence-corrected chi connectivity index (χ4v) is 0.565. The molecule has 0 spiro atoms. The molecule has 2 heteroatoms.